The minimum atomic E-state index is -0.0297. The number of amides is 1. The SMILES string of the molecule is CCOc1cccc(CNC(=O)CNCCOC)c1.Cl. The van der Waals surface area contributed by atoms with Crippen LogP contribution in [0.1, 0.15) is 12.5 Å². The average Bonchev–Trinajstić information content (AvgIpc) is 2.42. The molecule has 0 radical (unpaired) electrons. The molecule has 1 amide bonds. The molecule has 1 aromatic rings. The van der Waals surface area contributed by atoms with E-state index in [2.05, 4.69) is 10.6 Å². The maximum atomic E-state index is 11.5. The Labute approximate surface area is 126 Å². The summed E-state index contributed by atoms with van der Waals surface area (Å²) >= 11 is 0. The second-order valence-electron chi connectivity index (χ2n) is 4.03. The number of nitrogens with one attached hydrogen (secondary N) is 2. The van der Waals surface area contributed by atoms with Crippen molar-refractivity contribution in [3.63, 3.8) is 0 Å². The van der Waals surface area contributed by atoms with Crippen LogP contribution in [0.5, 0.6) is 5.75 Å². The second kappa shape index (κ2) is 11.5. The zero-order valence-electron chi connectivity index (χ0n) is 12.0. The number of benzene rings is 1. The number of ether oxygens (including phenoxy) is 2. The smallest absolute Gasteiger partial charge is 0.234 e. The maximum Gasteiger partial charge on any atom is 0.234 e. The number of carbonyl (C=O) groups excluding carboxylic acids is 1. The van der Waals surface area contributed by atoms with Crippen LogP contribution in [0.3, 0.4) is 0 Å². The van der Waals surface area contributed by atoms with Crippen molar-refractivity contribution in [2.45, 2.75) is 13.5 Å². The Hall–Kier alpha value is -1.30. The summed E-state index contributed by atoms with van der Waals surface area (Å²) in [4.78, 5) is 11.5. The third-order valence-electron chi connectivity index (χ3n) is 2.47. The van der Waals surface area contributed by atoms with Crippen LogP contribution in [-0.4, -0.2) is 39.3 Å². The Balaban J connectivity index is 0.00000361. The first-order chi connectivity index (χ1) is 9.26. The normalized spacial score (nSPS) is 9.70. The summed E-state index contributed by atoms with van der Waals surface area (Å²) in [6, 6.07) is 7.72. The summed E-state index contributed by atoms with van der Waals surface area (Å²) < 4.78 is 10.3. The molecule has 0 aliphatic rings. The van der Waals surface area contributed by atoms with Crippen LogP contribution in [0.15, 0.2) is 24.3 Å². The van der Waals surface area contributed by atoms with E-state index in [0.717, 1.165) is 11.3 Å². The quantitative estimate of drug-likeness (QED) is 0.676. The van der Waals surface area contributed by atoms with E-state index in [1.54, 1.807) is 7.11 Å². The molecule has 6 heteroatoms. The Morgan fingerprint density at radius 2 is 2.15 bits per heavy atom. The van der Waals surface area contributed by atoms with E-state index < -0.39 is 0 Å². The molecule has 0 unspecified atom stereocenters. The average molecular weight is 303 g/mol. The molecule has 1 rings (SSSR count). The molecule has 0 spiro atoms. The van der Waals surface area contributed by atoms with Gasteiger partial charge in [0.05, 0.1) is 19.8 Å². The number of methoxy groups -OCH3 is 1. The molecule has 0 heterocycles. The highest BCUT2D eigenvalue weighted by molar-refractivity contribution is 5.85. The fourth-order valence-electron chi connectivity index (χ4n) is 1.55. The zero-order chi connectivity index (χ0) is 13.9. The van der Waals surface area contributed by atoms with Gasteiger partial charge in [-0.15, -0.1) is 12.4 Å². The van der Waals surface area contributed by atoms with E-state index in [9.17, 15) is 4.79 Å². The Bertz CT molecular complexity index is 388. The molecule has 0 atom stereocenters. The van der Waals surface area contributed by atoms with Gasteiger partial charge in [-0.2, -0.15) is 0 Å². The van der Waals surface area contributed by atoms with Gasteiger partial charge in [0.2, 0.25) is 5.91 Å². The molecule has 0 saturated heterocycles. The Kier molecular flexibility index (Phi) is 10.8. The van der Waals surface area contributed by atoms with Gasteiger partial charge in [-0.05, 0) is 24.6 Å². The largest absolute Gasteiger partial charge is 0.494 e. The fraction of sp³-hybridized carbons (Fsp3) is 0.500. The minimum absolute atomic E-state index is 0. The van der Waals surface area contributed by atoms with Gasteiger partial charge >= 0.3 is 0 Å². The second-order valence-corrected chi connectivity index (χ2v) is 4.03. The first kappa shape index (κ1) is 18.7. The van der Waals surface area contributed by atoms with Crippen molar-refractivity contribution in [1.82, 2.24) is 10.6 Å². The van der Waals surface area contributed by atoms with E-state index >= 15 is 0 Å². The molecule has 0 aliphatic heterocycles. The highest BCUT2D eigenvalue weighted by atomic mass is 35.5. The van der Waals surface area contributed by atoms with Gasteiger partial charge in [-0.1, -0.05) is 12.1 Å². The van der Waals surface area contributed by atoms with E-state index in [1.807, 2.05) is 31.2 Å². The Morgan fingerprint density at radius 1 is 1.35 bits per heavy atom. The summed E-state index contributed by atoms with van der Waals surface area (Å²) in [5.74, 6) is 0.797. The van der Waals surface area contributed by atoms with Gasteiger partial charge in [0.1, 0.15) is 5.75 Å². The molecule has 0 aliphatic carbocycles. The lowest BCUT2D eigenvalue weighted by molar-refractivity contribution is -0.120. The third-order valence-corrected chi connectivity index (χ3v) is 2.47. The van der Waals surface area contributed by atoms with E-state index in [0.29, 0.717) is 32.8 Å². The van der Waals surface area contributed by atoms with Gasteiger partial charge in [-0.3, -0.25) is 4.79 Å². The topological polar surface area (TPSA) is 59.6 Å². The summed E-state index contributed by atoms with van der Waals surface area (Å²) in [5.41, 5.74) is 1.02. The number of hydrogen-bond acceptors (Lipinski definition) is 4. The molecular formula is C14H23ClN2O3. The first-order valence-electron chi connectivity index (χ1n) is 6.44. The number of hydrogen-bond donors (Lipinski definition) is 2. The van der Waals surface area contributed by atoms with Crippen LogP contribution in [-0.2, 0) is 16.1 Å². The van der Waals surface area contributed by atoms with E-state index in [1.165, 1.54) is 0 Å². The standard InChI is InChI=1S/C14H22N2O3.ClH/c1-3-19-13-6-4-5-12(9-13)10-16-14(17)11-15-7-8-18-2;/h4-6,9,15H,3,7-8,10-11H2,1-2H3,(H,16,17);1H. The summed E-state index contributed by atoms with van der Waals surface area (Å²) in [7, 11) is 1.63. The lowest BCUT2D eigenvalue weighted by Crippen LogP contribution is -2.34. The highest BCUT2D eigenvalue weighted by Gasteiger charge is 2.01. The lowest BCUT2D eigenvalue weighted by Gasteiger charge is -2.08. The predicted molar refractivity (Wildman–Crippen MR) is 81.5 cm³/mol. The van der Waals surface area contributed by atoms with Crippen molar-refractivity contribution in [2.75, 3.05) is 33.4 Å². The molecule has 0 bridgehead atoms. The van der Waals surface area contributed by atoms with Crippen molar-refractivity contribution in [3.05, 3.63) is 29.8 Å². The van der Waals surface area contributed by atoms with Crippen molar-refractivity contribution < 1.29 is 14.3 Å². The minimum Gasteiger partial charge on any atom is -0.494 e. The van der Waals surface area contributed by atoms with Crippen molar-refractivity contribution >= 4 is 18.3 Å². The van der Waals surface area contributed by atoms with Crippen LogP contribution in [0.25, 0.3) is 0 Å². The summed E-state index contributed by atoms with van der Waals surface area (Å²) in [5, 5.41) is 5.84. The number of rotatable bonds is 9. The molecule has 20 heavy (non-hydrogen) atoms. The van der Waals surface area contributed by atoms with Gasteiger partial charge in [0, 0.05) is 20.2 Å². The third kappa shape index (κ3) is 7.99. The van der Waals surface area contributed by atoms with Crippen molar-refractivity contribution in [3.8, 4) is 5.75 Å². The predicted octanol–water partition coefficient (Wildman–Crippen LogP) is 1.36. The molecular weight excluding hydrogens is 280 g/mol. The van der Waals surface area contributed by atoms with Crippen molar-refractivity contribution in [1.29, 1.82) is 0 Å². The van der Waals surface area contributed by atoms with Crippen LogP contribution < -0.4 is 15.4 Å². The molecule has 114 valence electrons. The first-order valence-corrected chi connectivity index (χ1v) is 6.44. The number of carbonyl (C=O) groups is 1. The highest BCUT2D eigenvalue weighted by Crippen LogP contribution is 2.12. The lowest BCUT2D eigenvalue weighted by atomic mass is 10.2. The summed E-state index contributed by atoms with van der Waals surface area (Å²) in [6.07, 6.45) is 0. The van der Waals surface area contributed by atoms with Gasteiger partial charge in [-0.25, -0.2) is 0 Å². The zero-order valence-corrected chi connectivity index (χ0v) is 12.8. The van der Waals surface area contributed by atoms with E-state index in [4.69, 9.17) is 9.47 Å². The molecule has 0 fully saturated rings. The summed E-state index contributed by atoms with van der Waals surface area (Å²) in [6.45, 7) is 4.66. The van der Waals surface area contributed by atoms with E-state index in [-0.39, 0.29) is 18.3 Å². The van der Waals surface area contributed by atoms with Crippen LogP contribution >= 0.6 is 12.4 Å². The molecule has 1 aromatic carbocycles. The van der Waals surface area contributed by atoms with Gasteiger partial charge in [0.15, 0.2) is 0 Å². The Morgan fingerprint density at radius 3 is 2.85 bits per heavy atom. The van der Waals surface area contributed by atoms with Gasteiger partial charge < -0.3 is 20.1 Å². The monoisotopic (exact) mass is 302 g/mol. The van der Waals surface area contributed by atoms with Crippen LogP contribution in [0.2, 0.25) is 0 Å². The number of halogens is 1. The molecule has 0 aromatic heterocycles. The molecule has 2 N–H and O–H groups in total. The maximum absolute atomic E-state index is 11.5. The fourth-order valence-corrected chi connectivity index (χ4v) is 1.55. The van der Waals surface area contributed by atoms with Gasteiger partial charge in [0.25, 0.3) is 0 Å². The molecule has 0 saturated carbocycles. The van der Waals surface area contributed by atoms with Crippen LogP contribution in [0.4, 0.5) is 0 Å². The molecule has 5 nitrogen and oxygen atoms in total. The van der Waals surface area contributed by atoms with Crippen molar-refractivity contribution in [2.24, 2.45) is 0 Å². The van der Waals surface area contributed by atoms with Crippen LogP contribution in [0, 0.1) is 0 Å².